The Morgan fingerprint density at radius 3 is 2.33 bits per heavy atom. The number of carbonyl (C=O) groups is 2. The molecule has 0 saturated carbocycles. The number of hydrogen-bond acceptors (Lipinski definition) is 6. The molecule has 36 heavy (non-hydrogen) atoms. The van der Waals surface area contributed by atoms with Crippen LogP contribution in [0.15, 0.2) is 42.5 Å². The van der Waals surface area contributed by atoms with Crippen LogP contribution in [0.1, 0.15) is 38.3 Å². The zero-order valence-corrected chi connectivity index (χ0v) is 22.3. The Hall–Kier alpha value is -3.27. The van der Waals surface area contributed by atoms with Gasteiger partial charge in [0.1, 0.15) is 25.8 Å². The molecular formula is C26H35N3O6S. The van der Waals surface area contributed by atoms with E-state index in [9.17, 15) is 18.0 Å². The lowest BCUT2D eigenvalue weighted by Crippen LogP contribution is -2.53. The van der Waals surface area contributed by atoms with Crippen LogP contribution in [-0.4, -0.2) is 63.2 Å². The topological polar surface area (TPSA) is 105 Å². The Morgan fingerprint density at radius 2 is 1.72 bits per heavy atom. The van der Waals surface area contributed by atoms with Crippen LogP contribution in [-0.2, 0) is 26.2 Å². The standard InChI is InChI=1S/C26H35N3O6S/c1-6-22(26(31)27-18(2)3)28(16-20-10-8-7-9-19(20)4)25(30)17-29(36(5,32)33)21-11-12-23-24(15-21)35-14-13-34-23/h7-12,15,18,22H,6,13-14,16-17H2,1-5H3,(H,27,31). The molecule has 0 aromatic heterocycles. The molecule has 2 amide bonds. The van der Waals surface area contributed by atoms with Crippen LogP contribution in [0.25, 0.3) is 0 Å². The summed E-state index contributed by atoms with van der Waals surface area (Å²) in [5.74, 6) is 0.172. The highest BCUT2D eigenvalue weighted by Crippen LogP contribution is 2.34. The van der Waals surface area contributed by atoms with Gasteiger partial charge in [-0.15, -0.1) is 0 Å². The van der Waals surface area contributed by atoms with Crippen molar-refractivity contribution < 1.29 is 27.5 Å². The molecule has 1 unspecified atom stereocenters. The van der Waals surface area contributed by atoms with Gasteiger partial charge in [-0.1, -0.05) is 31.2 Å². The average Bonchev–Trinajstić information content (AvgIpc) is 2.82. The number of fused-ring (bicyclic) bond motifs is 1. The van der Waals surface area contributed by atoms with Gasteiger partial charge in [0.2, 0.25) is 21.8 Å². The highest BCUT2D eigenvalue weighted by molar-refractivity contribution is 7.92. The monoisotopic (exact) mass is 517 g/mol. The third-order valence-electron chi connectivity index (χ3n) is 5.91. The van der Waals surface area contributed by atoms with E-state index in [0.29, 0.717) is 31.1 Å². The van der Waals surface area contributed by atoms with Gasteiger partial charge in [-0.3, -0.25) is 13.9 Å². The van der Waals surface area contributed by atoms with E-state index in [4.69, 9.17) is 9.47 Å². The molecule has 10 heteroatoms. The molecule has 196 valence electrons. The van der Waals surface area contributed by atoms with Crippen molar-refractivity contribution in [1.82, 2.24) is 10.2 Å². The molecule has 0 saturated heterocycles. The number of anilines is 1. The second kappa shape index (κ2) is 11.6. The quantitative estimate of drug-likeness (QED) is 0.520. The van der Waals surface area contributed by atoms with E-state index in [-0.39, 0.29) is 24.2 Å². The largest absolute Gasteiger partial charge is 0.486 e. The number of rotatable bonds is 10. The fourth-order valence-electron chi connectivity index (χ4n) is 4.07. The highest BCUT2D eigenvalue weighted by Gasteiger charge is 2.32. The van der Waals surface area contributed by atoms with Gasteiger partial charge in [0.05, 0.1) is 11.9 Å². The molecule has 0 spiro atoms. The van der Waals surface area contributed by atoms with Crippen LogP contribution in [0.3, 0.4) is 0 Å². The van der Waals surface area contributed by atoms with Gasteiger partial charge >= 0.3 is 0 Å². The number of amides is 2. The minimum absolute atomic E-state index is 0.104. The van der Waals surface area contributed by atoms with E-state index in [0.717, 1.165) is 21.7 Å². The SMILES string of the molecule is CCC(C(=O)NC(C)C)N(Cc1ccccc1C)C(=O)CN(c1ccc2c(c1)OCCO2)S(C)(=O)=O. The van der Waals surface area contributed by atoms with Crippen molar-refractivity contribution in [3.8, 4) is 11.5 Å². The van der Waals surface area contributed by atoms with E-state index in [1.807, 2.05) is 52.0 Å². The van der Waals surface area contributed by atoms with Gasteiger partial charge < -0.3 is 19.7 Å². The first-order valence-electron chi connectivity index (χ1n) is 12.0. The summed E-state index contributed by atoms with van der Waals surface area (Å²) < 4.78 is 37.8. The van der Waals surface area contributed by atoms with Crippen molar-refractivity contribution >= 4 is 27.5 Å². The number of carbonyl (C=O) groups excluding carboxylic acids is 2. The van der Waals surface area contributed by atoms with Crippen molar-refractivity contribution in [1.29, 1.82) is 0 Å². The first-order valence-corrected chi connectivity index (χ1v) is 13.9. The third-order valence-corrected chi connectivity index (χ3v) is 7.05. The first kappa shape index (κ1) is 27.3. The summed E-state index contributed by atoms with van der Waals surface area (Å²) in [6.45, 7) is 7.94. The van der Waals surface area contributed by atoms with Gasteiger partial charge in [0, 0.05) is 18.7 Å². The molecule has 1 aliphatic heterocycles. The van der Waals surface area contributed by atoms with Crippen LogP contribution in [0, 0.1) is 6.92 Å². The van der Waals surface area contributed by atoms with Gasteiger partial charge in [-0.25, -0.2) is 8.42 Å². The maximum atomic E-state index is 13.8. The Morgan fingerprint density at radius 1 is 1.06 bits per heavy atom. The smallest absolute Gasteiger partial charge is 0.244 e. The van der Waals surface area contributed by atoms with Crippen molar-refractivity contribution in [2.24, 2.45) is 0 Å². The van der Waals surface area contributed by atoms with E-state index < -0.39 is 28.5 Å². The molecule has 1 aliphatic rings. The summed E-state index contributed by atoms with van der Waals surface area (Å²) >= 11 is 0. The van der Waals surface area contributed by atoms with E-state index in [1.165, 1.54) is 4.90 Å². The van der Waals surface area contributed by atoms with E-state index in [2.05, 4.69) is 5.32 Å². The minimum Gasteiger partial charge on any atom is -0.486 e. The highest BCUT2D eigenvalue weighted by atomic mass is 32.2. The van der Waals surface area contributed by atoms with Crippen LogP contribution < -0.4 is 19.1 Å². The maximum Gasteiger partial charge on any atom is 0.244 e. The molecule has 2 aromatic carbocycles. The second-order valence-electron chi connectivity index (χ2n) is 9.13. The van der Waals surface area contributed by atoms with Crippen molar-refractivity contribution in [2.75, 3.05) is 30.3 Å². The molecular weight excluding hydrogens is 482 g/mol. The summed E-state index contributed by atoms with van der Waals surface area (Å²) in [6.07, 6.45) is 1.42. The second-order valence-corrected chi connectivity index (χ2v) is 11.0. The van der Waals surface area contributed by atoms with Crippen LogP contribution in [0.2, 0.25) is 0 Å². The van der Waals surface area contributed by atoms with Gasteiger partial charge in [0.15, 0.2) is 11.5 Å². The van der Waals surface area contributed by atoms with E-state index in [1.54, 1.807) is 18.2 Å². The number of ether oxygens (including phenoxy) is 2. The summed E-state index contributed by atoms with van der Waals surface area (Å²) in [5.41, 5.74) is 2.14. The number of nitrogens with zero attached hydrogens (tertiary/aromatic N) is 2. The third kappa shape index (κ3) is 6.69. The Labute approximate surface area is 213 Å². The molecule has 0 aliphatic carbocycles. The molecule has 9 nitrogen and oxygen atoms in total. The van der Waals surface area contributed by atoms with Crippen molar-refractivity contribution in [3.05, 3.63) is 53.6 Å². The van der Waals surface area contributed by atoms with Gasteiger partial charge in [-0.05, 0) is 50.5 Å². The van der Waals surface area contributed by atoms with Crippen LogP contribution in [0.5, 0.6) is 11.5 Å². The molecule has 0 bridgehead atoms. The number of nitrogens with one attached hydrogen (secondary N) is 1. The lowest BCUT2D eigenvalue weighted by atomic mass is 10.1. The Bertz CT molecular complexity index is 1200. The predicted molar refractivity (Wildman–Crippen MR) is 139 cm³/mol. The van der Waals surface area contributed by atoms with E-state index >= 15 is 0 Å². The normalized spacial score (nSPS) is 13.7. The first-order chi connectivity index (χ1) is 17.0. The maximum absolute atomic E-state index is 13.8. The lowest BCUT2D eigenvalue weighted by molar-refractivity contribution is -0.140. The summed E-state index contributed by atoms with van der Waals surface area (Å²) in [7, 11) is -3.84. The lowest BCUT2D eigenvalue weighted by Gasteiger charge is -2.33. The summed E-state index contributed by atoms with van der Waals surface area (Å²) in [5, 5.41) is 2.88. The molecule has 0 radical (unpaired) electrons. The summed E-state index contributed by atoms with van der Waals surface area (Å²) in [4.78, 5) is 28.3. The molecule has 1 N–H and O–H groups in total. The van der Waals surface area contributed by atoms with Crippen molar-refractivity contribution in [3.63, 3.8) is 0 Å². The van der Waals surface area contributed by atoms with Crippen LogP contribution >= 0.6 is 0 Å². The van der Waals surface area contributed by atoms with Crippen molar-refractivity contribution in [2.45, 2.75) is 52.7 Å². The predicted octanol–water partition coefficient (Wildman–Crippen LogP) is 2.86. The Kier molecular flexibility index (Phi) is 8.84. The molecule has 1 heterocycles. The number of hydrogen-bond donors (Lipinski definition) is 1. The minimum atomic E-state index is -3.84. The van der Waals surface area contributed by atoms with Gasteiger partial charge in [0.25, 0.3) is 0 Å². The zero-order chi connectivity index (χ0) is 26.5. The fourth-order valence-corrected chi connectivity index (χ4v) is 4.91. The number of benzene rings is 2. The molecule has 1 atom stereocenters. The summed E-state index contributed by atoms with van der Waals surface area (Å²) in [6, 6.07) is 11.5. The van der Waals surface area contributed by atoms with Crippen LogP contribution in [0.4, 0.5) is 5.69 Å². The zero-order valence-electron chi connectivity index (χ0n) is 21.5. The van der Waals surface area contributed by atoms with Gasteiger partial charge in [-0.2, -0.15) is 0 Å². The Balaban J connectivity index is 1.97. The molecule has 0 fully saturated rings. The average molecular weight is 518 g/mol. The number of sulfonamides is 1. The number of aryl methyl sites for hydroxylation is 1. The fraction of sp³-hybridized carbons (Fsp3) is 0.462. The molecule has 2 aromatic rings. The molecule has 3 rings (SSSR count).